The largest absolute Gasteiger partial charge is 0.494 e. The Morgan fingerprint density at radius 1 is 1.07 bits per heavy atom. The summed E-state index contributed by atoms with van der Waals surface area (Å²) in [5.41, 5.74) is 2.49. The third-order valence-corrected chi connectivity index (χ3v) is 5.96. The lowest BCUT2D eigenvalue weighted by atomic mass is 10.1. The van der Waals surface area contributed by atoms with Gasteiger partial charge in [-0.3, -0.25) is 0 Å². The van der Waals surface area contributed by atoms with Crippen molar-refractivity contribution in [3.05, 3.63) is 54.6 Å². The van der Waals surface area contributed by atoms with Crippen molar-refractivity contribution in [3.8, 4) is 27.7 Å². The van der Waals surface area contributed by atoms with E-state index in [-0.39, 0.29) is 12.5 Å². The van der Waals surface area contributed by atoms with Gasteiger partial charge in [0.1, 0.15) is 6.33 Å². The molecule has 5 rings (SSSR count). The number of aromatic nitrogens is 2. The minimum absolute atomic E-state index is 0.220. The highest BCUT2D eigenvalue weighted by molar-refractivity contribution is 7.22. The summed E-state index contributed by atoms with van der Waals surface area (Å²) < 4.78 is 30.9. The van der Waals surface area contributed by atoms with Crippen molar-refractivity contribution in [1.29, 1.82) is 0 Å². The second-order valence-corrected chi connectivity index (χ2v) is 7.52. The fraction of sp³-hybridized carbons (Fsp3) is 0.143. The maximum Gasteiger partial charge on any atom is 0.231 e. The van der Waals surface area contributed by atoms with Crippen molar-refractivity contribution in [3.63, 3.8) is 0 Å². The van der Waals surface area contributed by atoms with Crippen LogP contribution < -0.4 is 19.1 Å². The Morgan fingerprint density at radius 2 is 1.93 bits per heavy atom. The van der Waals surface area contributed by atoms with E-state index in [0.717, 1.165) is 37.9 Å². The Bertz CT molecular complexity index is 1230. The zero-order valence-electron chi connectivity index (χ0n) is 15.7. The lowest BCUT2D eigenvalue weighted by Gasteiger charge is -2.19. The molecule has 0 saturated carbocycles. The van der Waals surface area contributed by atoms with E-state index in [1.807, 2.05) is 42.3 Å². The third-order valence-electron chi connectivity index (χ3n) is 4.79. The Balaban J connectivity index is 1.56. The topological polar surface area (TPSA) is 56.7 Å². The summed E-state index contributed by atoms with van der Waals surface area (Å²) in [4.78, 5) is 11.8. The van der Waals surface area contributed by atoms with Gasteiger partial charge < -0.3 is 19.1 Å². The lowest BCUT2D eigenvalue weighted by Crippen LogP contribution is -2.11. The van der Waals surface area contributed by atoms with Gasteiger partial charge in [0, 0.05) is 23.7 Å². The van der Waals surface area contributed by atoms with Gasteiger partial charge in [-0.15, -0.1) is 11.3 Å². The van der Waals surface area contributed by atoms with Crippen LogP contribution in [0.5, 0.6) is 17.2 Å². The van der Waals surface area contributed by atoms with Crippen molar-refractivity contribution in [1.82, 2.24) is 9.97 Å². The first kappa shape index (κ1) is 17.7. The number of anilines is 2. The summed E-state index contributed by atoms with van der Waals surface area (Å²) >= 11 is 1.52. The van der Waals surface area contributed by atoms with E-state index in [1.165, 1.54) is 30.8 Å². The van der Waals surface area contributed by atoms with Gasteiger partial charge in [0.15, 0.2) is 28.9 Å². The van der Waals surface area contributed by atoms with Crippen LogP contribution in [0.4, 0.5) is 15.9 Å². The SMILES string of the molecule is COc1ccc(-c2cc3ncnc(N(C)c4ccc5c(c4)OCO5)c3s2)cc1F. The molecule has 0 bridgehead atoms. The second-order valence-electron chi connectivity index (χ2n) is 6.47. The molecule has 0 fully saturated rings. The van der Waals surface area contributed by atoms with E-state index in [4.69, 9.17) is 14.2 Å². The van der Waals surface area contributed by atoms with Crippen molar-refractivity contribution >= 4 is 33.1 Å². The molecule has 4 aromatic rings. The Kier molecular flexibility index (Phi) is 4.21. The van der Waals surface area contributed by atoms with Crippen LogP contribution in [0.3, 0.4) is 0 Å². The highest BCUT2D eigenvalue weighted by Gasteiger charge is 2.19. The van der Waals surface area contributed by atoms with Crippen LogP contribution in [0.1, 0.15) is 0 Å². The normalized spacial score (nSPS) is 12.4. The molecule has 3 heterocycles. The summed E-state index contributed by atoms with van der Waals surface area (Å²) in [7, 11) is 3.39. The van der Waals surface area contributed by atoms with Gasteiger partial charge in [0.25, 0.3) is 0 Å². The molecule has 0 unspecified atom stereocenters. The molecule has 0 radical (unpaired) electrons. The molecule has 0 amide bonds. The lowest BCUT2D eigenvalue weighted by molar-refractivity contribution is 0.174. The van der Waals surface area contributed by atoms with Crippen LogP contribution in [-0.2, 0) is 0 Å². The summed E-state index contributed by atoms with van der Waals surface area (Å²) in [6, 6.07) is 12.6. The molecule has 2 aromatic carbocycles. The molecule has 0 spiro atoms. The minimum Gasteiger partial charge on any atom is -0.494 e. The Hall–Kier alpha value is -3.39. The van der Waals surface area contributed by atoms with Crippen LogP contribution in [0, 0.1) is 5.82 Å². The first-order valence-corrected chi connectivity index (χ1v) is 9.67. The quantitative estimate of drug-likeness (QED) is 0.473. The van der Waals surface area contributed by atoms with Crippen molar-refractivity contribution in [2.24, 2.45) is 0 Å². The molecule has 0 aliphatic carbocycles. The average Bonchev–Trinajstić information content (AvgIpc) is 3.39. The maximum atomic E-state index is 14.2. The number of halogens is 1. The van der Waals surface area contributed by atoms with Gasteiger partial charge in [0.2, 0.25) is 6.79 Å². The van der Waals surface area contributed by atoms with E-state index in [9.17, 15) is 4.39 Å². The number of fused-ring (bicyclic) bond motifs is 2. The molecule has 2 aromatic heterocycles. The van der Waals surface area contributed by atoms with E-state index in [1.54, 1.807) is 6.07 Å². The number of benzene rings is 2. The predicted octanol–water partition coefficient (Wildman–Crippen LogP) is 5.00. The third kappa shape index (κ3) is 3.01. The summed E-state index contributed by atoms with van der Waals surface area (Å²) in [6.07, 6.45) is 1.53. The molecule has 0 atom stereocenters. The van der Waals surface area contributed by atoms with Crippen molar-refractivity contribution in [2.45, 2.75) is 0 Å². The maximum absolute atomic E-state index is 14.2. The minimum atomic E-state index is -0.397. The zero-order valence-corrected chi connectivity index (χ0v) is 16.5. The van der Waals surface area contributed by atoms with Gasteiger partial charge in [-0.05, 0) is 42.0 Å². The fourth-order valence-corrected chi connectivity index (χ4v) is 4.39. The highest BCUT2D eigenvalue weighted by Crippen LogP contribution is 2.41. The van der Waals surface area contributed by atoms with Gasteiger partial charge in [-0.25, -0.2) is 14.4 Å². The van der Waals surface area contributed by atoms with E-state index in [2.05, 4.69) is 9.97 Å². The van der Waals surface area contributed by atoms with Crippen molar-refractivity contribution < 1.29 is 18.6 Å². The molecular formula is C21H16FN3O3S. The number of hydrogen-bond donors (Lipinski definition) is 0. The number of hydrogen-bond acceptors (Lipinski definition) is 7. The summed E-state index contributed by atoms with van der Waals surface area (Å²) in [5.74, 6) is 2.03. The number of thiophene rings is 1. The Labute approximate surface area is 170 Å². The highest BCUT2D eigenvalue weighted by atomic mass is 32.1. The van der Waals surface area contributed by atoms with Crippen LogP contribution in [0.2, 0.25) is 0 Å². The first-order valence-electron chi connectivity index (χ1n) is 8.86. The summed E-state index contributed by atoms with van der Waals surface area (Å²) in [5, 5.41) is 0. The molecule has 0 saturated heterocycles. The van der Waals surface area contributed by atoms with Gasteiger partial charge in [-0.2, -0.15) is 0 Å². The van der Waals surface area contributed by atoms with Gasteiger partial charge in [0.05, 0.1) is 17.3 Å². The summed E-state index contributed by atoms with van der Waals surface area (Å²) in [6.45, 7) is 0.229. The molecule has 1 aliphatic heterocycles. The molecule has 146 valence electrons. The smallest absolute Gasteiger partial charge is 0.231 e. The Morgan fingerprint density at radius 3 is 2.76 bits per heavy atom. The van der Waals surface area contributed by atoms with E-state index in [0.29, 0.717) is 5.75 Å². The fourth-order valence-electron chi connectivity index (χ4n) is 3.26. The molecular weight excluding hydrogens is 393 g/mol. The van der Waals surface area contributed by atoms with Crippen LogP contribution >= 0.6 is 11.3 Å². The van der Waals surface area contributed by atoms with Gasteiger partial charge in [-0.1, -0.05) is 0 Å². The van der Waals surface area contributed by atoms with Gasteiger partial charge >= 0.3 is 0 Å². The zero-order chi connectivity index (χ0) is 20.0. The average molecular weight is 409 g/mol. The number of rotatable bonds is 4. The van der Waals surface area contributed by atoms with Crippen LogP contribution in [0.15, 0.2) is 48.8 Å². The second kappa shape index (κ2) is 6.89. The molecule has 6 nitrogen and oxygen atoms in total. The molecule has 8 heteroatoms. The van der Waals surface area contributed by atoms with Crippen LogP contribution in [-0.4, -0.2) is 30.9 Å². The standard InChI is InChI=1S/C21H16FN3O3S/c1-25(13-4-6-17-18(8-13)28-11-27-17)21-20-15(23-10-24-21)9-19(29-20)12-3-5-16(26-2)14(22)7-12/h3-10H,11H2,1-2H3. The molecule has 0 N–H and O–H groups in total. The first-order chi connectivity index (χ1) is 14.1. The predicted molar refractivity (Wildman–Crippen MR) is 110 cm³/mol. The van der Waals surface area contributed by atoms with E-state index >= 15 is 0 Å². The number of ether oxygens (including phenoxy) is 3. The number of methoxy groups -OCH3 is 1. The van der Waals surface area contributed by atoms with E-state index < -0.39 is 5.82 Å². The molecule has 1 aliphatic rings. The molecule has 29 heavy (non-hydrogen) atoms. The van der Waals surface area contributed by atoms with Crippen molar-refractivity contribution in [2.75, 3.05) is 25.9 Å². The van der Waals surface area contributed by atoms with Crippen LogP contribution in [0.25, 0.3) is 20.7 Å². The monoisotopic (exact) mass is 409 g/mol. The number of nitrogens with zero attached hydrogens (tertiary/aromatic N) is 3.